The average Bonchev–Trinajstić information content (AvgIpc) is 3.04. The average molecular weight is 416 g/mol. The van der Waals surface area contributed by atoms with Crippen molar-refractivity contribution in [1.82, 2.24) is 15.5 Å². The molecule has 1 heterocycles. The second-order valence-electron chi connectivity index (χ2n) is 5.65. The number of rotatable bonds is 7. The van der Waals surface area contributed by atoms with Gasteiger partial charge in [0.1, 0.15) is 11.5 Å². The van der Waals surface area contributed by atoms with Gasteiger partial charge in [0.25, 0.3) is 5.91 Å². The Morgan fingerprint density at radius 3 is 2.85 bits per heavy atom. The van der Waals surface area contributed by atoms with Crippen molar-refractivity contribution in [2.75, 3.05) is 6.54 Å². The molecule has 0 radical (unpaired) electrons. The number of aromatic nitrogens is 2. The second-order valence-corrected chi connectivity index (χ2v) is 6.57. The van der Waals surface area contributed by atoms with Crippen LogP contribution < -0.4 is 10.1 Å². The highest BCUT2D eigenvalue weighted by Gasteiger charge is 2.13. The Kier molecular flexibility index (Phi) is 6.01. The van der Waals surface area contributed by atoms with Gasteiger partial charge in [-0.25, -0.2) is 0 Å². The van der Waals surface area contributed by atoms with Gasteiger partial charge in [0, 0.05) is 17.4 Å². The monoisotopic (exact) mass is 415 g/mol. The highest BCUT2D eigenvalue weighted by molar-refractivity contribution is 9.10. The summed E-state index contributed by atoms with van der Waals surface area (Å²) in [6.07, 6.45) is 1.33. The largest absolute Gasteiger partial charge is 0.456 e. The van der Waals surface area contributed by atoms with E-state index in [1.807, 2.05) is 36.4 Å². The maximum Gasteiger partial charge on any atom is 0.255 e. The minimum atomic E-state index is -0.183. The maximum absolute atomic E-state index is 12.5. The van der Waals surface area contributed by atoms with Crippen molar-refractivity contribution in [2.24, 2.45) is 0 Å². The van der Waals surface area contributed by atoms with Crippen LogP contribution in [0.5, 0.6) is 11.5 Å². The molecule has 1 amide bonds. The van der Waals surface area contributed by atoms with Crippen molar-refractivity contribution in [3.63, 3.8) is 0 Å². The third-order valence-corrected chi connectivity index (χ3v) is 4.07. The van der Waals surface area contributed by atoms with Gasteiger partial charge < -0.3 is 14.6 Å². The number of halogens is 1. The molecule has 0 aliphatic rings. The number of aryl methyl sites for hydroxylation is 2. The molecule has 6 nitrogen and oxygen atoms in total. The van der Waals surface area contributed by atoms with Crippen molar-refractivity contribution in [1.29, 1.82) is 0 Å². The molecule has 0 fully saturated rings. The maximum atomic E-state index is 12.5. The van der Waals surface area contributed by atoms with Crippen molar-refractivity contribution in [2.45, 2.75) is 19.8 Å². The summed E-state index contributed by atoms with van der Waals surface area (Å²) in [5.74, 6) is 2.18. The molecule has 0 aliphatic heterocycles. The smallest absolute Gasteiger partial charge is 0.255 e. The van der Waals surface area contributed by atoms with Crippen molar-refractivity contribution >= 4 is 21.8 Å². The summed E-state index contributed by atoms with van der Waals surface area (Å²) >= 11 is 3.41. The second kappa shape index (κ2) is 8.62. The molecular weight excluding hydrogens is 398 g/mol. The molecule has 0 saturated heterocycles. The fourth-order valence-corrected chi connectivity index (χ4v) is 2.76. The zero-order chi connectivity index (χ0) is 18.4. The lowest BCUT2D eigenvalue weighted by Crippen LogP contribution is -2.25. The first-order valence-corrected chi connectivity index (χ1v) is 9.01. The van der Waals surface area contributed by atoms with E-state index in [9.17, 15) is 4.79 Å². The highest BCUT2D eigenvalue weighted by Crippen LogP contribution is 2.27. The number of hydrogen-bond acceptors (Lipinski definition) is 5. The number of hydrogen-bond donors (Lipinski definition) is 1. The van der Waals surface area contributed by atoms with E-state index in [0.717, 1.165) is 4.47 Å². The third-order valence-electron chi connectivity index (χ3n) is 3.58. The van der Waals surface area contributed by atoms with Crippen LogP contribution in [0.4, 0.5) is 0 Å². The number of ether oxygens (including phenoxy) is 1. The first-order valence-electron chi connectivity index (χ1n) is 8.21. The Morgan fingerprint density at radius 1 is 1.23 bits per heavy atom. The predicted molar refractivity (Wildman–Crippen MR) is 100 cm³/mol. The van der Waals surface area contributed by atoms with Crippen LogP contribution in [0, 0.1) is 6.92 Å². The summed E-state index contributed by atoms with van der Waals surface area (Å²) in [5.41, 5.74) is 0.487. The van der Waals surface area contributed by atoms with Gasteiger partial charge in [-0.05, 0) is 43.7 Å². The molecule has 3 aromatic rings. The van der Waals surface area contributed by atoms with Crippen LogP contribution in [-0.4, -0.2) is 22.6 Å². The third kappa shape index (κ3) is 4.92. The van der Waals surface area contributed by atoms with Crippen molar-refractivity contribution in [3.8, 4) is 11.5 Å². The lowest BCUT2D eigenvalue weighted by molar-refractivity contribution is 0.0950. The minimum absolute atomic E-state index is 0.183. The van der Waals surface area contributed by atoms with Crippen LogP contribution in [0.1, 0.15) is 28.5 Å². The molecule has 3 rings (SSSR count). The van der Waals surface area contributed by atoms with E-state index in [1.54, 1.807) is 19.1 Å². The van der Waals surface area contributed by atoms with Gasteiger partial charge in [-0.1, -0.05) is 39.3 Å². The molecule has 1 aromatic heterocycles. The predicted octanol–water partition coefficient (Wildman–Crippen LogP) is 4.30. The number of amides is 1. The molecular formula is C19H18BrN3O3. The lowest BCUT2D eigenvalue weighted by atomic mass is 10.2. The number of carbonyl (C=O) groups is 1. The number of para-hydroxylation sites is 1. The standard InChI is InChI=1S/C19H18BrN3O3/c1-13-22-18(26-23-13)10-5-11-21-19(24)16-8-2-3-9-17(16)25-15-7-4-6-14(20)12-15/h2-4,6-9,12H,5,10-11H2,1H3,(H,21,24). The van der Waals surface area contributed by atoms with E-state index in [-0.39, 0.29) is 5.91 Å². The van der Waals surface area contributed by atoms with Gasteiger partial charge in [-0.2, -0.15) is 4.98 Å². The van der Waals surface area contributed by atoms with Gasteiger partial charge in [0.05, 0.1) is 5.56 Å². The minimum Gasteiger partial charge on any atom is -0.456 e. The van der Waals surface area contributed by atoms with Crippen molar-refractivity contribution < 1.29 is 14.1 Å². The summed E-state index contributed by atoms with van der Waals surface area (Å²) < 4.78 is 11.8. The quantitative estimate of drug-likeness (QED) is 0.582. The number of nitrogens with zero attached hydrogens (tertiary/aromatic N) is 2. The zero-order valence-corrected chi connectivity index (χ0v) is 15.8. The van der Waals surface area contributed by atoms with E-state index in [0.29, 0.717) is 48.2 Å². The molecule has 0 bridgehead atoms. The van der Waals surface area contributed by atoms with Gasteiger partial charge in [0.15, 0.2) is 5.82 Å². The number of carbonyl (C=O) groups excluding carboxylic acids is 1. The van der Waals surface area contributed by atoms with E-state index in [1.165, 1.54) is 0 Å². The molecule has 134 valence electrons. The molecule has 0 saturated carbocycles. The highest BCUT2D eigenvalue weighted by atomic mass is 79.9. The Balaban J connectivity index is 1.58. The topological polar surface area (TPSA) is 77.2 Å². The molecule has 0 unspecified atom stereocenters. The normalized spacial score (nSPS) is 10.5. The van der Waals surface area contributed by atoms with Crippen LogP contribution in [0.15, 0.2) is 57.5 Å². The number of nitrogens with one attached hydrogen (secondary N) is 1. The van der Waals surface area contributed by atoms with E-state index in [2.05, 4.69) is 31.4 Å². The van der Waals surface area contributed by atoms with E-state index < -0.39 is 0 Å². The fourth-order valence-electron chi connectivity index (χ4n) is 2.38. The van der Waals surface area contributed by atoms with Crippen molar-refractivity contribution in [3.05, 3.63) is 70.3 Å². The molecule has 7 heteroatoms. The van der Waals surface area contributed by atoms with Gasteiger partial charge in [-0.15, -0.1) is 0 Å². The molecule has 0 aliphatic carbocycles. The van der Waals surface area contributed by atoms with Gasteiger partial charge in [0.2, 0.25) is 5.89 Å². The van der Waals surface area contributed by atoms with Crippen LogP contribution in [0.3, 0.4) is 0 Å². The van der Waals surface area contributed by atoms with Crippen LogP contribution in [0.2, 0.25) is 0 Å². The lowest BCUT2D eigenvalue weighted by Gasteiger charge is -2.11. The summed E-state index contributed by atoms with van der Waals surface area (Å²) in [4.78, 5) is 16.6. The first-order chi connectivity index (χ1) is 12.6. The van der Waals surface area contributed by atoms with Gasteiger partial charge in [-0.3, -0.25) is 4.79 Å². The Morgan fingerprint density at radius 2 is 2.08 bits per heavy atom. The fraction of sp³-hybridized carbons (Fsp3) is 0.211. The summed E-state index contributed by atoms with van der Waals surface area (Å²) in [6.45, 7) is 2.28. The Hall–Kier alpha value is -2.67. The Labute approximate surface area is 159 Å². The van der Waals surface area contributed by atoms with E-state index in [4.69, 9.17) is 9.26 Å². The Bertz CT molecular complexity index is 895. The molecule has 1 N–H and O–H groups in total. The summed E-state index contributed by atoms with van der Waals surface area (Å²) in [7, 11) is 0. The molecule has 26 heavy (non-hydrogen) atoms. The van der Waals surface area contributed by atoms with Crippen LogP contribution >= 0.6 is 15.9 Å². The molecule has 0 atom stereocenters. The summed E-state index contributed by atoms with van der Waals surface area (Å²) in [5, 5.41) is 6.64. The van der Waals surface area contributed by atoms with E-state index >= 15 is 0 Å². The SMILES string of the molecule is Cc1noc(CCCNC(=O)c2ccccc2Oc2cccc(Br)c2)n1. The van der Waals surface area contributed by atoms with Gasteiger partial charge >= 0.3 is 0 Å². The van der Waals surface area contributed by atoms with Crippen LogP contribution in [-0.2, 0) is 6.42 Å². The molecule has 0 spiro atoms. The first kappa shape index (κ1) is 18.1. The molecule has 2 aromatic carbocycles. The number of benzene rings is 2. The van der Waals surface area contributed by atoms with Crippen LogP contribution in [0.25, 0.3) is 0 Å². The zero-order valence-electron chi connectivity index (χ0n) is 14.2. The summed E-state index contributed by atoms with van der Waals surface area (Å²) in [6, 6.07) is 14.6.